The number of rotatable bonds is 1. The third kappa shape index (κ3) is 3.69. The van der Waals surface area contributed by atoms with Crippen molar-refractivity contribution in [3.63, 3.8) is 0 Å². The van der Waals surface area contributed by atoms with Crippen molar-refractivity contribution in [2.24, 2.45) is 0 Å². The van der Waals surface area contributed by atoms with Gasteiger partial charge in [-0.3, -0.25) is 0 Å². The van der Waals surface area contributed by atoms with Crippen molar-refractivity contribution >= 4 is 12.1 Å². The van der Waals surface area contributed by atoms with Gasteiger partial charge in [-0.25, -0.2) is 9.59 Å². The number of aliphatic carboxylic acids is 1. The summed E-state index contributed by atoms with van der Waals surface area (Å²) in [6, 6.07) is 0. The van der Waals surface area contributed by atoms with Crippen molar-refractivity contribution in [3.05, 3.63) is 0 Å². The molecule has 1 N–H and O–H groups in total. The van der Waals surface area contributed by atoms with E-state index in [1.807, 2.05) is 0 Å². The van der Waals surface area contributed by atoms with Gasteiger partial charge in [-0.2, -0.15) is 0 Å². The molecule has 1 aliphatic heterocycles. The summed E-state index contributed by atoms with van der Waals surface area (Å²) in [7, 11) is 0. The largest absolute Gasteiger partial charge is 0.479 e. The van der Waals surface area contributed by atoms with E-state index < -0.39 is 23.8 Å². The number of ether oxygens (including phenoxy) is 2. The minimum Gasteiger partial charge on any atom is -0.479 e. The quantitative estimate of drug-likeness (QED) is 0.719. The Morgan fingerprint density at radius 2 is 2.06 bits per heavy atom. The molecule has 0 aromatic rings. The average molecular weight is 231 g/mol. The summed E-state index contributed by atoms with van der Waals surface area (Å²) in [6.45, 7) is 5.90. The highest BCUT2D eigenvalue weighted by atomic mass is 16.6. The monoisotopic (exact) mass is 231 g/mol. The third-order valence-corrected chi connectivity index (χ3v) is 1.99. The summed E-state index contributed by atoms with van der Waals surface area (Å²) in [4.78, 5) is 23.7. The molecule has 0 aromatic heterocycles. The summed E-state index contributed by atoms with van der Waals surface area (Å²) in [5.41, 5.74) is -0.575. The maximum absolute atomic E-state index is 11.6. The molecule has 1 rings (SSSR count). The molecular weight excluding hydrogens is 214 g/mol. The van der Waals surface area contributed by atoms with Gasteiger partial charge in [-0.05, 0) is 20.8 Å². The van der Waals surface area contributed by atoms with Crippen LogP contribution in [0.1, 0.15) is 20.8 Å². The minimum atomic E-state index is -1.06. The normalized spacial score (nSPS) is 21.7. The predicted octanol–water partition coefficient (Wildman–Crippen LogP) is 0.707. The van der Waals surface area contributed by atoms with E-state index >= 15 is 0 Å². The molecule has 0 aliphatic carbocycles. The summed E-state index contributed by atoms with van der Waals surface area (Å²) >= 11 is 0. The molecule has 1 heterocycles. The van der Waals surface area contributed by atoms with Gasteiger partial charge in [0.1, 0.15) is 5.60 Å². The molecule has 1 fully saturated rings. The molecule has 0 unspecified atom stereocenters. The fourth-order valence-electron chi connectivity index (χ4n) is 1.29. The van der Waals surface area contributed by atoms with Gasteiger partial charge >= 0.3 is 12.1 Å². The van der Waals surface area contributed by atoms with E-state index in [4.69, 9.17) is 14.6 Å². The topological polar surface area (TPSA) is 76.1 Å². The van der Waals surface area contributed by atoms with E-state index in [-0.39, 0.29) is 13.2 Å². The lowest BCUT2D eigenvalue weighted by molar-refractivity contribution is -0.155. The van der Waals surface area contributed by atoms with Gasteiger partial charge in [0, 0.05) is 6.54 Å². The summed E-state index contributed by atoms with van der Waals surface area (Å²) < 4.78 is 10.1. The van der Waals surface area contributed by atoms with Gasteiger partial charge in [0.05, 0.1) is 13.2 Å². The number of hydrogen-bond donors (Lipinski definition) is 1. The lowest BCUT2D eigenvalue weighted by Crippen LogP contribution is -2.49. The highest BCUT2D eigenvalue weighted by Gasteiger charge is 2.31. The van der Waals surface area contributed by atoms with Gasteiger partial charge in [-0.15, -0.1) is 0 Å². The first kappa shape index (κ1) is 12.8. The van der Waals surface area contributed by atoms with Crippen LogP contribution in [0.4, 0.5) is 4.79 Å². The maximum atomic E-state index is 11.6. The Morgan fingerprint density at radius 1 is 1.44 bits per heavy atom. The fourth-order valence-corrected chi connectivity index (χ4v) is 1.29. The van der Waals surface area contributed by atoms with Gasteiger partial charge < -0.3 is 19.5 Å². The number of amides is 1. The molecule has 16 heavy (non-hydrogen) atoms. The first-order chi connectivity index (χ1) is 7.29. The number of carboxylic acid groups (broad SMARTS) is 1. The van der Waals surface area contributed by atoms with E-state index in [9.17, 15) is 9.59 Å². The molecule has 0 radical (unpaired) electrons. The predicted molar refractivity (Wildman–Crippen MR) is 55.2 cm³/mol. The molecule has 0 spiro atoms. The van der Waals surface area contributed by atoms with Crippen molar-refractivity contribution < 1.29 is 24.2 Å². The van der Waals surface area contributed by atoms with E-state index in [0.29, 0.717) is 6.54 Å². The number of hydrogen-bond acceptors (Lipinski definition) is 4. The standard InChI is InChI=1S/C10H17NO5/c1-10(2,3)16-9(14)11-4-5-15-7(6-11)8(12)13/h7H,4-6H2,1-3H3,(H,12,13)/t7-/m0/s1. The lowest BCUT2D eigenvalue weighted by atomic mass is 10.2. The summed E-state index contributed by atoms with van der Waals surface area (Å²) in [6.07, 6.45) is -1.46. The average Bonchev–Trinajstić information content (AvgIpc) is 2.15. The molecule has 1 aliphatic rings. The van der Waals surface area contributed by atoms with Gasteiger partial charge in [-0.1, -0.05) is 0 Å². The van der Waals surface area contributed by atoms with Crippen LogP contribution in [0.3, 0.4) is 0 Å². The van der Waals surface area contributed by atoms with Gasteiger partial charge in [0.25, 0.3) is 0 Å². The third-order valence-electron chi connectivity index (χ3n) is 1.99. The molecular formula is C10H17NO5. The molecule has 1 saturated heterocycles. The number of nitrogens with zero attached hydrogens (tertiary/aromatic N) is 1. The highest BCUT2D eigenvalue weighted by molar-refractivity contribution is 5.75. The molecule has 1 amide bonds. The zero-order valence-corrected chi connectivity index (χ0v) is 9.73. The van der Waals surface area contributed by atoms with Crippen LogP contribution in [0.2, 0.25) is 0 Å². The van der Waals surface area contributed by atoms with Crippen molar-refractivity contribution in [1.82, 2.24) is 4.90 Å². The Morgan fingerprint density at radius 3 is 2.56 bits per heavy atom. The van der Waals surface area contributed by atoms with Crippen LogP contribution in [0.15, 0.2) is 0 Å². The minimum absolute atomic E-state index is 0.0320. The second-order valence-electron chi connectivity index (χ2n) is 4.62. The molecule has 6 heteroatoms. The van der Waals surface area contributed by atoms with Crippen molar-refractivity contribution in [2.75, 3.05) is 19.7 Å². The smallest absolute Gasteiger partial charge is 0.410 e. The first-order valence-corrected chi connectivity index (χ1v) is 5.12. The number of carbonyl (C=O) groups excluding carboxylic acids is 1. The van der Waals surface area contributed by atoms with Crippen LogP contribution in [-0.2, 0) is 14.3 Å². The van der Waals surface area contributed by atoms with Crippen molar-refractivity contribution in [2.45, 2.75) is 32.5 Å². The van der Waals surface area contributed by atoms with E-state index in [1.165, 1.54) is 4.90 Å². The SMILES string of the molecule is CC(C)(C)OC(=O)N1CCO[C@H](C(=O)O)C1. The fraction of sp³-hybridized carbons (Fsp3) is 0.800. The van der Waals surface area contributed by atoms with E-state index in [1.54, 1.807) is 20.8 Å². The van der Waals surface area contributed by atoms with Gasteiger partial charge in [0.15, 0.2) is 6.10 Å². The van der Waals surface area contributed by atoms with Crippen LogP contribution in [0, 0.1) is 0 Å². The van der Waals surface area contributed by atoms with Gasteiger partial charge in [0.2, 0.25) is 0 Å². The van der Waals surface area contributed by atoms with Crippen LogP contribution < -0.4 is 0 Å². The molecule has 1 atom stereocenters. The number of carboxylic acids is 1. The Balaban J connectivity index is 2.54. The second-order valence-corrected chi connectivity index (χ2v) is 4.62. The zero-order valence-electron chi connectivity index (χ0n) is 9.73. The Bertz CT molecular complexity index is 283. The van der Waals surface area contributed by atoms with E-state index in [2.05, 4.69) is 0 Å². The number of morpholine rings is 1. The van der Waals surface area contributed by atoms with Crippen LogP contribution >= 0.6 is 0 Å². The Kier molecular flexibility index (Phi) is 3.74. The Hall–Kier alpha value is -1.30. The molecule has 0 aromatic carbocycles. The number of carbonyl (C=O) groups is 2. The van der Waals surface area contributed by atoms with Crippen molar-refractivity contribution in [3.8, 4) is 0 Å². The Labute approximate surface area is 94.1 Å². The molecule has 0 saturated carbocycles. The van der Waals surface area contributed by atoms with E-state index in [0.717, 1.165) is 0 Å². The second kappa shape index (κ2) is 4.69. The lowest BCUT2D eigenvalue weighted by Gasteiger charge is -2.32. The maximum Gasteiger partial charge on any atom is 0.410 e. The zero-order chi connectivity index (χ0) is 12.3. The van der Waals surface area contributed by atoms with Crippen LogP contribution in [0.25, 0.3) is 0 Å². The first-order valence-electron chi connectivity index (χ1n) is 5.12. The van der Waals surface area contributed by atoms with Crippen LogP contribution in [-0.4, -0.2) is 53.5 Å². The summed E-state index contributed by atoms with van der Waals surface area (Å²) in [5.74, 6) is -1.06. The van der Waals surface area contributed by atoms with Crippen LogP contribution in [0.5, 0.6) is 0 Å². The molecule has 92 valence electrons. The molecule has 6 nitrogen and oxygen atoms in total. The summed E-state index contributed by atoms with van der Waals surface area (Å²) in [5, 5.41) is 8.77. The highest BCUT2D eigenvalue weighted by Crippen LogP contribution is 2.13. The molecule has 0 bridgehead atoms. The van der Waals surface area contributed by atoms with Crippen molar-refractivity contribution in [1.29, 1.82) is 0 Å².